The molecule has 0 aromatic heterocycles. The number of hydrogen-bond acceptors (Lipinski definition) is 5. The van der Waals surface area contributed by atoms with Crippen molar-refractivity contribution in [3.8, 4) is 5.75 Å². The van der Waals surface area contributed by atoms with Crippen LogP contribution in [0, 0.1) is 20.8 Å². The third-order valence-corrected chi connectivity index (χ3v) is 6.89. The largest absolute Gasteiger partial charge is 0.495 e. The first-order valence-electron chi connectivity index (χ1n) is 12.1. The van der Waals surface area contributed by atoms with Gasteiger partial charge in [0.2, 0.25) is 0 Å². The summed E-state index contributed by atoms with van der Waals surface area (Å²) >= 11 is 0. The van der Waals surface area contributed by atoms with E-state index >= 15 is 0 Å². The maximum atomic E-state index is 12.5. The van der Waals surface area contributed by atoms with Gasteiger partial charge in [-0.1, -0.05) is 36.4 Å². The number of nitrogens with one attached hydrogen (secondary N) is 1. The van der Waals surface area contributed by atoms with Gasteiger partial charge in [0, 0.05) is 38.3 Å². The van der Waals surface area contributed by atoms with Gasteiger partial charge >= 0.3 is 0 Å². The Labute approximate surface area is 208 Å². The summed E-state index contributed by atoms with van der Waals surface area (Å²) < 4.78 is 5.52. The predicted molar refractivity (Wildman–Crippen MR) is 143 cm³/mol. The first kappa shape index (κ1) is 24.5. The third kappa shape index (κ3) is 5.89. The van der Waals surface area contributed by atoms with Crippen LogP contribution < -0.4 is 15.1 Å². The van der Waals surface area contributed by atoms with Crippen molar-refractivity contribution in [1.82, 2.24) is 10.3 Å². The number of piperazine rings is 1. The summed E-state index contributed by atoms with van der Waals surface area (Å²) in [5, 5.41) is 4.16. The molecule has 1 aliphatic heterocycles. The van der Waals surface area contributed by atoms with Crippen LogP contribution in [0.15, 0.2) is 65.8 Å². The molecule has 3 aromatic carbocycles. The van der Waals surface area contributed by atoms with E-state index in [0.717, 1.165) is 49.7 Å². The molecule has 182 valence electrons. The average molecular weight is 471 g/mol. The molecular weight excluding hydrogens is 436 g/mol. The molecule has 1 fully saturated rings. The Morgan fingerprint density at radius 3 is 2.37 bits per heavy atom. The highest BCUT2D eigenvalue weighted by Gasteiger charge is 2.19. The lowest BCUT2D eigenvalue weighted by Crippen LogP contribution is -2.46. The molecule has 35 heavy (non-hydrogen) atoms. The van der Waals surface area contributed by atoms with Crippen molar-refractivity contribution in [2.24, 2.45) is 5.10 Å². The van der Waals surface area contributed by atoms with Gasteiger partial charge < -0.3 is 9.64 Å². The lowest BCUT2D eigenvalue weighted by Gasteiger charge is -2.36. The number of carbonyl (C=O) groups is 1. The fraction of sp³-hybridized carbons (Fsp3) is 0.310. The molecule has 1 amide bonds. The number of hydrazone groups is 1. The van der Waals surface area contributed by atoms with Crippen molar-refractivity contribution in [3.05, 3.63) is 94.0 Å². The summed E-state index contributed by atoms with van der Waals surface area (Å²) in [5.41, 5.74) is 10.3. The summed E-state index contributed by atoms with van der Waals surface area (Å²) in [7, 11) is 1.72. The third-order valence-electron chi connectivity index (χ3n) is 6.89. The van der Waals surface area contributed by atoms with E-state index < -0.39 is 0 Å². The number of nitrogens with zero attached hydrogens (tertiary/aromatic N) is 3. The van der Waals surface area contributed by atoms with Crippen LogP contribution in [0.5, 0.6) is 5.75 Å². The fourth-order valence-electron chi connectivity index (χ4n) is 4.40. The van der Waals surface area contributed by atoms with Crippen molar-refractivity contribution in [2.75, 3.05) is 38.2 Å². The molecule has 0 atom stereocenters. The quantitative estimate of drug-likeness (QED) is 0.402. The molecule has 1 saturated heterocycles. The second kappa shape index (κ2) is 11.2. The van der Waals surface area contributed by atoms with E-state index in [9.17, 15) is 4.79 Å². The number of carbonyl (C=O) groups excluding carboxylic acids is 1. The van der Waals surface area contributed by atoms with Crippen molar-refractivity contribution in [1.29, 1.82) is 0 Å². The van der Waals surface area contributed by atoms with Crippen molar-refractivity contribution in [2.45, 2.75) is 27.3 Å². The lowest BCUT2D eigenvalue weighted by atomic mass is 10.00. The van der Waals surface area contributed by atoms with Crippen LogP contribution in [0.4, 0.5) is 5.69 Å². The Hall–Kier alpha value is -3.64. The van der Waals surface area contributed by atoms with Gasteiger partial charge in [0.1, 0.15) is 5.75 Å². The standard InChI is InChI=1S/C29H34N4O2/c1-21-9-12-26(23(3)22(21)2)19-30-31-29(34)25-13-10-24(11-14-25)20-32-15-17-33(18-16-32)27-7-5-6-8-28(27)35-4/h5-14,19H,15-18,20H2,1-4H3,(H,31,34)/b30-19-. The highest BCUT2D eigenvalue weighted by atomic mass is 16.5. The van der Waals surface area contributed by atoms with Gasteiger partial charge in [-0.3, -0.25) is 9.69 Å². The Morgan fingerprint density at radius 2 is 1.66 bits per heavy atom. The number of rotatable bonds is 7. The molecule has 6 nitrogen and oxygen atoms in total. The maximum absolute atomic E-state index is 12.5. The minimum atomic E-state index is -0.209. The smallest absolute Gasteiger partial charge is 0.271 e. The number of hydrogen-bond donors (Lipinski definition) is 1. The van der Waals surface area contributed by atoms with Crippen molar-refractivity contribution < 1.29 is 9.53 Å². The van der Waals surface area contributed by atoms with Crippen LogP contribution in [-0.4, -0.2) is 50.3 Å². The number of methoxy groups -OCH3 is 1. The SMILES string of the molecule is COc1ccccc1N1CCN(Cc2ccc(C(=O)N/N=C\c3ccc(C)c(C)c3C)cc2)CC1. The zero-order valence-corrected chi connectivity index (χ0v) is 21.0. The molecule has 0 bridgehead atoms. The summed E-state index contributed by atoms with van der Waals surface area (Å²) in [4.78, 5) is 17.3. The molecule has 1 heterocycles. The van der Waals surface area contributed by atoms with Crippen LogP contribution >= 0.6 is 0 Å². The molecule has 0 aliphatic carbocycles. The van der Waals surface area contributed by atoms with Gasteiger partial charge in [0.25, 0.3) is 5.91 Å². The Bertz CT molecular complexity index is 1200. The lowest BCUT2D eigenvalue weighted by molar-refractivity contribution is 0.0955. The molecule has 3 aromatic rings. The minimum Gasteiger partial charge on any atom is -0.495 e. The summed E-state index contributed by atoms with van der Waals surface area (Å²) in [5.74, 6) is 0.711. The molecule has 0 saturated carbocycles. The number of anilines is 1. The summed E-state index contributed by atoms with van der Waals surface area (Å²) in [6.45, 7) is 11.0. The Morgan fingerprint density at radius 1 is 0.943 bits per heavy atom. The molecule has 0 unspecified atom stereocenters. The van der Waals surface area contributed by atoms with Gasteiger partial charge in [-0.05, 0) is 72.9 Å². The van der Waals surface area contributed by atoms with E-state index in [1.165, 1.54) is 22.3 Å². The van der Waals surface area contributed by atoms with E-state index in [4.69, 9.17) is 4.74 Å². The second-order valence-corrected chi connectivity index (χ2v) is 9.05. The topological polar surface area (TPSA) is 57.2 Å². The predicted octanol–water partition coefficient (Wildman–Crippen LogP) is 4.71. The van der Waals surface area contributed by atoms with Crippen LogP contribution in [0.25, 0.3) is 0 Å². The first-order valence-corrected chi connectivity index (χ1v) is 12.1. The molecule has 0 spiro atoms. The van der Waals surface area contributed by atoms with E-state index in [1.54, 1.807) is 13.3 Å². The molecular formula is C29H34N4O2. The first-order chi connectivity index (χ1) is 17.0. The Kier molecular flexibility index (Phi) is 7.83. The van der Waals surface area contributed by atoms with Crippen LogP contribution in [-0.2, 0) is 6.54 Å². The number of aryl methyl sites for hydroxylation is 1. The molecule has 1 aliphatic rings. The summed E-state index contributed by atoms with van der Waals surface area (Å²) in [6.07, 6.45) is 1.71. The maximum Gasteiger partial charge on any atom is 0.271 e. The van der Waals surface area contributed by atoms with Crippen molar-refractivity contribution >= 4 is 17.8 Å². The highest BCUT2D eigenvalue weighted by molar-refractivity contribution is 5.95. The van der Waals surface area contributed by atoms with Crippen LogP contribution in [0.1, 0.15) is 38.2 Å². The normalized spacial score (nSPS) is 14.3. The Balaban J connectivity index is 1.28. The summed E-state index contributed by atoms with van der Waals surface area (Å²) in [6, 6.07) is 20.1. The van der Waals surface area contributed by atoms with Crippen molar-refractivity contribution in [3.63, 3.8) is 0 Å². The van der Waals surface area contributed by atoms with Gasteiger partial charge in [0.15, 0.2) is 0 Å². The molecule has 6 heteroatoms. The second-order valence-electron chi connectivity index (χ2n) is 9.05. The monoisotopic (exact) mass is 470 g/mol. The van der Waals surface area contributed by atoms with Gasteiger partial charge in [-0.2, -0.15) is 5.10 Å². The van der Waals surface area contributed by atoms with E-state index in [-0.39, 0.29) is 5.91 Å². The van der Waals surface area contributed by atoms with Gasteiger partial charge in [-0.15, -0.1) is 0 Å². The van der Waals surface area contributed by atoms with Gasteiger partial charge in [0.05, 0.1) is 19.0 Å². The number of benzene rings is 3. The zero-order chi connectivity index (χ0) is 24.8. The number of para-hydroxylation sites is 2. The van der Waals surface area contributed by atoms with Crippen LogP contribution in [0.3, 0.4) is 0 Å². The minimum absolute atomic E-state index is 0.209. The highest BCUT2D eigenvalue weighted by Crippen LogP contribution is 2.28. The van der Waals surface area contributed by atoms with E-state index in [1.807, 2.05) is 42.5 Å². The van der Waals surface area contributed by atoms with E-state index in [0.29, 0.717) is 5.56 Å². The zero-order valence-electron chi connectivity index (χ0n) is 21.0. The molecule has 1 N–H and O–H groups in total. The average Bonchev–Trinajstić information content (AvgIpc) is 2.89. The van der Waals surface area contributed by atoms with Gasteiger partial charge in [-0.25, -0.2) is 5.43 Å². The van der Waals surface area contributed by atoms with Crippen LogP contribution in [0.2, 0.25) is 0 Å². The number of ether oxygens (including phenoxy) is 1. The number of amides is 1. The fourth-order valence-corrected chi connectivity index (χ4v) is 4.40. The van der Waals surface area contributed by atoms with E-state index in [2.05, 4.69) is 59.3 Å². The molecule has 4 rings (SSSR count). The molecule has 0 radical (unpaired) electrons.